The van der Waals surface area contributed by atoms with Crippen LogP contribution in [-0.4, -0.2) is 29.1 Å². The van der Waals surface area contributed by atoms with Gasteiger partial charge in [0, 0.05) is 16.6 Å². The van der Waals surface area contributed by atoms with Gasteiger partial charge in [-0.3, -0.25) is 4.79 Å². The largest absolute Gasteiger partial charge is 0.478 e. The molecule has 17 heavy (non-hydrogen) atoms. The fraction of sp³-hybridized carbons (Fsp3) is 0.167. The van der Waals surface area contributed by atoms with Crippen molar-refractivity contribution in [1.29, 1.82) is 0 Å². The SMILES string of the molecule is COC(=O)Cc1[nH]c2ccccc2c1C(=O)O. The molecule has 0 fully saturated rings. The lowest BCUT2D eigenvalue weighted by atomic mass is 10.1. The molecule has 0 atom stereocenters. The molecule has 2 N–H and O–H groups in total. The first-order valence-corrected chi connectivity index (χ1v) is 5.03. The van der Waals surface area contributed by atoms with Crippen molar-refractivity contribution in [2.45, 2.75) is 6.42 Å². The molecule has 5 nitrogen and oxygen atoms in total. The van der Waals surface area contributed by atoms with Gasteiger partial charge < -0.3 is 14.8 Å². The molecule has 0 aliphatic heterocycles. The van der Waals surface area contributed by atoms with E-state index in [9.17, 15) is 9.59 Å². The molecular weight excluding hydrogens is 222 g/mol. The van der Waals surface area contributed by atoms with Crippen LogP contribution in [0.25, 0.3) is 10.9 Å². The Hall–Kier alpha value is -2.30. The molecule has 88 valence electrons. The average Bonchev–Trinajstić information content (AvgIpc) is 2.66. The molecule has 0 unspecified atom stereocenters. The Bertz CT molecular complexity index is 585. The molecule has 2 aromatic rings. The van der Waals surface area contributed by atoms with E-state index < -0.39 is 11.9 Å². The molecule has 2 rings (SSSR count). The average molecular weight is 233 g/mol. The highest BCUT2D eigenvalue weighted by molar-refractivity contribution is 6.05. The Morgan fingerprint density at radius 1 is 1.35 bits per heavy atom. The smallest absolute Gasteiger partial charge is 0.338 e. The third-order valence-corrected chi connectivity index (χ3v) is 2.55. The van der Waals surface area contributed by atoms with Crippen molar-refractivity contribution in [2.75, 3.05) is 7.11 Å². The van der Waals surface area contributed by atoms with Crippen molar-refractivity contribution < 1.29 is 19.4 Å². The quantitative estimate of drug-likeness (QED) is 0.789. The molecule has 0 saturated heterocycles. The number of carbonyl (C=O) groups excluding carboxylic acids is 1. The summed E-state index contributed by atoms with van der Waals surface area (Å²) in [5.74, 6) is -1.53. The Kier molecular flexibility index (Phi) is 2.82. The maximum absolute atomic E-state index is 11.2. The molecule has 1 heterocycles. The Morgan fingerprint density at radius 2 is 2.06 bits per heavy atom. The first-order chi connectivity index (χ1) is 8.13. The van der Waals surface area contributed by atoms with Crippen LogP contribution in [0.2, 0.25) is 0 Å². The van der Waals surface area contributed by atoms with E-state index in [-0.39, 0.29) is 12.0 Å². The van der Waals surface area contributed by atoms with Crippen LogP contribution < -0.4 is 0 Å². The monoisotopic (exact) mass is 233 g/mol. The summed E-state index contributed by atoms with van der Waals surface area (Å²) in [6, 6.07) is 7.02. The maximum Gasteiger partial charge on any atom is 0.338 e. The number of rotatable bonds is 3. The zero-order chi connectivity index (χ0) is 12.4. The van der Waals surface area contributed by atoms with Crippen LogP contribution in [0.5, 0.6) is 0 Å². The zero-order valence-electron chi connectivity index (χ0n) is 9.19. The fourth-order valence-corrected chi connectivity index (χ4v) is 1.79. The fourth-order valence-electron chi connectivity index (χ4n) is 1.79. The van der Waals surface area contributed by atoms with Gasteiger partial charge in [0.25, 0.3) is 0 Å². The van der Waals surface area contributed by atoms with E-state index in [4.69, 9.17) is 5.11 Å². The van der Waals surface area contributed by atoms with Gasteiger partial charge in [0.15, 0.2) is 0 Å². The first-order valence-electron chi connectivity index (χ1n) is 5.03. The minimum atomic E-state index is -1.05. The maximum atomic E-state index is 11.2. The van der Waals surface area contributed by atoms with Gasteiger partial charge in [0.1, 0.15) is 0 Å². The number of carboxylic acids is 1. The van der Waals surface area contributed by atoms with Crippen LogP contribution in [0, 0.1) is 0 Å². The molecule has 0 spiro atoms. The first kappa shape index (κ1) is 11.2. The summed E-state index contributed by atoms with van der Waals surface area (Å²) in [7, 11) is 1.27. The summed E-state index contributed by atoms with van der Waals surface area (Å²) in [5, 5.41) is 9.76. The third-order valence-electron chi connectivity index (χ3n) is 2.55. The van der Waals surface area contributed by atoms with Gasteiger partial charge in [0.05, 0.1) is 19.1 Å². The number of aromatic amines is 1. The number of hydrogen-bond donors (Lipinski definition) is 2. The minimum absolute atomic E-state index is 0.0766. The van der Waals surface area contributed by atoms with Crippen molar-refractivity contribution in [3.05, 3.63) is 35.5 Å². The number of methoxy groups -OCH3 is 1. The Morgan fingerprint density at radius 3 is 2.71 bits per heavy atom. The number of aromatic nitrogens is 1. The van der Waals surface area contributed by atoms with Gasteiger partial charge >= 0.3 is 11.9 Å². The van der Waals surface area contributed by atoms with Gasteiger partial charge in [-0.1, -0.05) is 18.2 Å². The molecule has 1 aromatic carbocycles. The lowest BCUT2D eigenvalue weighted by molar-refractivity contribution is -0.139. The van der Waals surface area contributed by atoms with Crippen LogP contribution >= 0.6 is 0 Å². The highest BCUT2D eigenvalue weighted by Crippen LogP contribution is 2.22. The van der Waals surface area contributed by atoms with E-state index in [1.54, 1.807) is 24.3 Å². The number of nitrogens with one attached hydrogen (secondary N) is 1. The standard InChI is InChI=1S/C12H11NO4/c1-17-10(14)6-9-11(12(15)16)7-4-2-3-5-8(7)13-9/h2-5,13H,6H2,1H3,(H,15,16). The number of aromatic carboxylic acids is 1. The van der Waals surface area contributed by atoms with E-state index in [2.05, 4.69) is 9.72 Å². The molecule has 1 aromatic heterocycles. The molecule has 0 aliphatic carbocycles. The van der Waals surface area contributed by atoms with Gasteiger partial charge in [-0.15, -0.1) is 0 Å². The van der Waals surface area contributed by atoms with Crippen molar-refractivity contribution in [1.82, 2.24) is 4.98 Å². The van der Waals surface area contributed by atoms with Gasteiger partial charge in [-0.2, -0.15) is 0 Å². The predicted octanol–water partition coefficient (Wildman–Crippen LogP) is 1.58. The minimum Gasteiger partial charge on any atom is -0.478 e. The van der Waals surface area contributed by atoms with E-state index in [0.29, 0.717) is 16.6 Å². The second-order valence-corrected chi connectivity index (χ2v) is 3.58. The van der Waals surface area contributed by atoms with Gasteiger partial charge in [0.2, 0.25) is 0 Å². The lowest BCUT2D eigenvalue weighted by Crippen LogP contribution is -2.09. The van der Waals surface area contributed by atoms with Crippen LogP contribution in [0.4, 0.5) is 0 Å². The molecule has 0 amide bonds. The number of fused-ring (bicyclic) bond motifs is 1. The molecule has 0 aliphatic rings. The summed E-state index contributed by atoms with van der Waals surface area (Å²) < 4.78 is 4.53. The van der Waals surface area contributed by atoms with Crippen molar-refractivity contribution in [3.8, 4) is 0 Å². The van der Waals surface area contributed by atoms with Crippen LogP contribution in [-0.2, 0) is 16.0 Å². The van der Waals surface area contributed by atoms with E-state index in [1.807, 2.05) is 0 Å². The van der Waals surface area contributed by atoms with Crippen molar-refractivity contribution in [3.63, 3.8) is 0 Å². The number of ether oxygens (including phenoxy) is 1. The highest BCUT2D eigenvalue weighted by Gasteiger charge is 2.19. The second-order valence-electron chi connectivity index (χ2n) is 3.58. The number of esters is 1. The predicted molar refractivity (Wildman–Crippen MR) is 61.0 cm³/mol. The van der Waals surface area contributed by atoms with Crippen LogP contribution in [0.3, 0.4) is 0 Å². The Balaban J connectivity index is 2.57. The number of carbonyl (C=O) groups is 2. The van der Waals surface area contributed by atoms with Gasteiger partial charge in [-0.25, -0.2) is 4.79 Å². The van der Waals surface area contributed by atoms with E-state index >= 15 is 0 Å². The number of H-pyrrole nitrogens is 1. The summed E-state index contributed by atoms with van der Waals surface area (Å²) in [6.07, 6.45) is -0.0766. The van der Waals surface area contributed by atoms with Crippen LogP contribution in [0.15, 0.2) is 24.3 Å². The number of carboxylic acid groups (broad SMARTS) is 1. The lowest BCUT2D eigenvalue weighted by Gasteiger charge is -1.99. The molecule has 0 bridgehead atoms. The normalized spacial score (nSPS) is 10.4. The van der Waals surface area contributed by atoms with Crippen molar-refractivity contribution in [2.24, 2.45) is 0 Å². The van der Waals surface area contributed by atoms with E-state index in [0.717, 1.165) is 0 Å². The highest BCUT2D eigenvalue weighted by atomic mass is 16.5. The topological polar surface area (TPSA) is 79.4 Å². The number of benzene rings is 1. The molecule has 0 saturated carbocycles. The Labute approximate surface area is 97.0 Å². The van der Waals surface area contributed by atoms with E-state index in [1.165, 1.54) is 7.11 Å². The molecule has 0 radical (unpaired) electrons. The molecular formula is C12H11NO4. The third kappa shape index (κ3) is 1.99. The molecule has 5 heteroatoms. The summed E-state index contributed by atoms with van der Waals surface area (Å²) >= 11 is 0. The summed E-state index contributed by atoms with van der Waals surface area (Å²) in [5.41, 5.74) is 1.19. The summed E-state index contributed by atoms with van der Waals surface area (Å²) in [4.78, 5) is 25.3. The summed E-state index contributed by atoms with van der Waals surface area (Å²) in [6.45, 7) is 0. The zero-order valence-corrected chi connectivity index (χ0v) is 9.19. The number of para-hydroxylation sites is 1. The van der Waals surface area contributed by atoms with Gasteiger partial charge in [-0.05, 0) is 6.07 Å². The number of hydrogen-bond acceptors (Lipinski definition) is 3. The van der Waals surface area contributed by atoms with Crippen LogP contribution in [0.1, 0.15) is 16.1 Å². The second kappa shape index (κ2) is 4.29. The van der Waals surface area contributed by atoms with Crippen molar-refractivity contribution >= 4 is 22.8 Å².